The Morgan fingerprint density at radius 1 is 1.29 bits per heavy atom. The van der Waals surface area contributed by atoms with Crippen molar-refractivity contribution in [1.29, 1.82) is 0 Å². The van der Waals surface area contributed by atoms with Gasteiger partial charge in [0.1, 0.15) is 0 Å². The first-order chi connectivity index (χ1) is 8.18. The molecule has 0 aromatic heterocycles. The van der Waals surface area contributed by atoms with E-state index >= 15 is 0 Å². The molecular weight excluding hydrogens is 302 g/mol. The van der Waals surface area contributed by atoms with Gasteiger partial charge in [0.05, 0.1) is 9.82 Å². The molecule has 3 nitrogen and oxygen atoms in total. The van der Waals surface area contributed by atoms with E-state index in [9.17, 15) is 10.1 Å². The number of nitrogens with zero attached hydrogens (tertiary/aromatic N) is 1. The summed E-state index contributed by atoms with van der Waals surface area (Å²) in [6.07, 6.45) is 4.77. The summed E-state index contributed by atoms with van der Waals surface area (Å²) in [5.41, 5.74) is 0.225. The van der Waals surface area contributed by atoms with Crippen molar-refractivity contribution in [2.75, 3.05) is 0 Å². The van der Waals surface area contributed by atoms with Gasteiger partial charge in [0.25, 0.3) is 5.69 Å². The number of hydrogen-bond acceptors (Lipinski definition) is 3. The minimum atomic E-state index is -0.297. The van der Waals surface area contributed by atoms with E-state index in [4.69, 9.17) is 0 Å². The summed E-state index contributed by atoms with van der Waals surface area (Å²) in [5, 5.41) is 11.4. The molecule has 1 saturated carbocycles. The van der Waals surface area contributed by atoms with Crippen molar-refractivity contribution in [3.8, 4) is 0 Å². The number of alkyl halides is 1. The van der Waals surface area contributed by atoms with Crippen molar-refractivity contribution in [1.82, 2.24) is 0 Å². The summed E-state index contributed by atoms with van der Waals surface area (Å²) in [6, 6.07) is 7.00. The number of rotatable bonds is 3. The third-order valence-corrected chi connectivity index (χ3v) is 5.87. The largest absolute Gasteiger partial charge is 0.282 e. The fraction of sp³-hybridized carbons (Fsp3) is 0.500. The van der Waals surface area contributed by atoms with Gasteiger partial charge >= 0.3 is 0 Å². The minimum absolute atomic E-state index is 0.225. The number of thioether (sulfide) groups is 1. The van der Waals surface area contributed by atoms with E-state index < -0.39 is 0 Å². The van der Waals surface area contributed by atoms with Crippen molar-refractivity contribution >= 4 is 33.4 Å². The van der Waals surface area contributed by atoms with Crippen molar-refractivity contribution < 1.29 is 4.92 Å². The van der Waals surface area contributed by atoms with Crippen LogP contribution in [0.4, 0.5) is 5.69 Å². The van der Waals surface area contributed by atoms with Gasteiger partial charge in [0.2, 0.25) is 0 Å². The molecule has 0 bridgehead atoms. The maximum absolute atomic E-state index is 10.9. The first kappa shape index (κ1) is 12.9. The van der Waals surface area contributed by atoms with E-state index in [1.165, 1.54) is 12.8 Å². The zero-order chi connectivity index (χ0) is 12.3. The lowest BCUT2D eigenvalue weighted by molar-refractivity contribution is -0.387. The Morgan fingerprint density at radius 2 is 2.00 bits per heavy atom. The number of benzene rings is 1. The van der Waals surface area contributed by atoms with Crippen LogP contribution in [0.2, 0.25) is 0 Å². The van der Waals surface area contributed by atoms with Crippen molar-refractivity contribution in [3.63, 3.8) is 0 Å². The van der Waals surface area contributed by atoms with Gasteiger partial charge in [0, 0.05) is 16.1 Å². The second kappa shape index (κ2) is 5.87. The monoisotopic (exact) mass is 315 g/mol. The Bertz CT molecular complexity index is 413. The molecule has 2 unspecified atom stereocenters. The number of para-hydroxylation sites is 1. The van der Waals surface area contributed by atoms with Crippen LogP contribution in [0.1, 0.15) is 25.7 Å². The van der Waals surface area contributed by atoms with Crippen LogP contribution in [0, 0.1) is 10.1 Å². The second-order valence-electron chi connectivity index (χ2n) is 4.18. The van der Waals surface area contributed by atoms with Crippen LogP contribution in [0.25, 0.3) is 0 Å². The maximum atomic E-state index is 10.9. The third kappa shape index (κ3) is 3.22. The molecule has 0 N–H and O–H groups in total. The highest BCUT2D eigenvalue weighted by Gasteiger charge is 2.26. The Hall–Kier alpha value is -0.550. The van der Waals surface area contributed by atoms with Gasteiger partial charge in [0.15, 0.2) is 0 Å². The van der Waals surface area contributed by atoms with Gasteiger partial charge in [-0.1, -0.05) is 40.9 Å². The van der Waals surface area contributed by atoms with Crippen LogP contribution in [-0.4, -0.2) is 15.0 Å². The van der Waals surface area contributed by atoms with Crippen molar-refractivity contribution in [3.05, 3.63) is 34.4 Å². The first-order valence-corrected chi connectivity index (χ1v) is 7.52. The molecule has 0 saturated heterocycles. The molecule has 0 aliphatic heterocycles. The van der Waals surface area contributed by atoms with Crippen LogP contribution in [0.5, 0.6) is 0 Å². The fourth-order valence-corrected chi connectivity index (χ4v) is 4.28. The van der Waals surface area contributed by atoms with Gasteiger partial charge in [-0.25, -0.2) is 0 Å². The van der Waals surface area contributed by atoms with E-state index in [1.807, 2.05) is 12.1 Å². The molecule has 0 heterocycles. The lowest BCUT2D eigenvalue weighted by atomic mass is 10.0. The molecule has 0 spiro atoms. The topological polar surface area (TPSA) is 43.1 Å². The lowest BCUT2D eigenvalue weighted by Crippen LogP contribution is -2.21. The smallest absolute Gasteiger partial charge is 0.258 e. The van der Waals surface area contributed by atoms with Crippen LogP contribution < -0.4 is 0 Å². The summed E-state index contributed by atoms with van der Waals surface area (Å²) in [7, 11) is 0. The third-order valence-electron chi connectivity index (χ3n) is 2.96. The molecule has 1 aliphatic carbocycles. The average molecular weight is 316 g/mol. The Balaban J connectivity index is 2.14. The Kier molecular flexibility index (Phi) is 4.45. The lowest BCUT2D eigenvalue weighted by Gasteiger charge is -2.26. The van der Waals surface area contributed by atoms with E-state index in [0.29, 0.717) is 10.1 Å². The molecular formula is C12H14BrNO2S. The molecule has 2 rings (SSSR count). The fourth-order valence-electron chi connectivity index (χ4n) is 2.06. The molecule has 17 heavy (non-hydrogen) atoms. The van der Waals surface area contributed by atoms with Gasteiger partial charge in [-0.3, -0.25) is 10.1 Å². The predicted molar refractivity (Wildman–Crippen MR) is 73.9 cm³/mol. The van der Waals surface area contributed by atoms with Gasteiger partial charge < -0.3 is 0 Å². The molecule has 5 heteroatoms. The molecule has 92 valence electrons. The van der Waals surface area contributed by atoms with Crippen LogP contribution in [0.3, 0.4) is 0 Å². The number of nitro benzene ring substituents is 1. The molecule has 0 radical (unpaired) electrons. The van der Waals surface area contributed by atoms with Gasteiger partial charge in [-0.2, -0.15) is 0 Å². The zero-order valence-corrected chi connectivity index (χ0v) is 11.7. The maximum Gasteiger partial charge on any atom is 0.282 e. The molecule has 0 amide bonds. The quantitative estimate of drug-likeness (QED) is 0.472. The van der Waals surface area contributed by atoms with Crippen LogP contribution in [0.15, 0.2) is 29.2 Å². The Labute approximate surface area is 113 Å². The SMILES string of the molecule is O=[N+]([O-])c1ccccc1SC1CCCCC1Br. The van der Waals surface area contributed by atoms with Gasteiger partial charge in [-0.15, -0.1) is 11.8 Å². The highest BCUT2D eigenvalue weighted by atomic mass is 79.9. The average Bonchev–Trinajstić information content (AvgIpc) is 2.32. The standard InChI is InChI=1S/C12H14BrNO2S/c13-9-5-1-3-7-11(9)17-12-8-4-2-6-10(12)14(15)16/h2,4,6,8-9,11H,1,3,5,7H2. The minimum Gasteiger partial charge on any atom is -0.258 e. The molecule has 2 atom stereocenters. The van der Waals surface area contributed by atoms with Crippen LogP contribution in [-0.2, 0) is 0 Å². The molecule has 1 aliphatic rings. The number of hydrogen-bond donors (Lipinski definition) is 0. The van der Waals surface area contributed by atoms with E-state index in [0.717, 1.165) is 17.7 Å². The summed E-state index contributed by atoms with van der Waals surface area (Å²) < 4.78 is 0. The summed E-state index contributed by atoms with van der Waals surface area (Å²) >= 11 is 5.32. The van der Waals surface area contributed by atoms with E-state index in [2.05, 4.69) is 15.9 Å². The summed E-state index contributed by atoms with van der Waals surface area (Å²) in [6.45, 7) is 0. The number of nitro groups is 1. The highest BCUT2D eigenvalue weighted by Crippen LogP contribution is 2.40. The molecule has 1 aromatic carbocycles. The molecule has 1 fully saturated rings. The summed E-state index contributed by atoms with van der Waals surface area (Å²) in [4.78, 5) is 11.9. The zero-order valence-electron chi connectivity index (χ0n) is 9.34. The first-order valence-electron chi connectivity index (χ1n) is 5.72. The Morgan fingerprint density at radius 3 is 2.71 bits per heavy atom. The van der Waals surface area contributed by atoms with Crippen molar-refractivity contribution in [2.45, 2.75) is 40.7 Å². The van der Waals surface area contributed by atoms with Crippen molar-refractivity contribution in [2.24, 2.45) is 0 Å². The van der Waals surface area contributed by atoms with Crippen LogP contribution >= 0.6 is 27.7 Å². The summed E-state index contributed by atoms with van der Waals surface area (Å²) in [5.74, 6) is 0. The molecule has 1 aromatic rings. The number of halogens is 1. The van der Waals surface area contributed by atoms with E-state index in [1.54, 1.807) is 23.9 Å². The van der Waals surface area contributed by atoms with E-state index in [-0.39, 0.29) is 10.6 Å². The second-order valence-corrected chi connectivity index (χ2v) is 6.64. The highest BCUT2D eigenvalue weighted by molar-refractivity contribution is 9.09. The normalized spacial score (nSPS) is 24.5. The predicted octanol–water partition coefficient (Wildman–Crippen LogP) is 4.39. The van der Waals surface area contributed by atoms with Gasteiger partial charge in [-0.05, 0) is 18.9 Å².